The number of rotatable bonds is 5. The van der Waals surface area contributed by atoms with Gasteiger partial charge < -0.3 is 4.90 Å². The predicted octanol–water partition coefficient (Wildman–Crippen LogP) is 7.26. The minimum Gasteiger partial charge on any atom is -0.363 e. The van der Waals surface area contributed by atoms with Gasteiger partial charge in [-0.3, -0.25) is 0 Å². The summed E-state index contributed by atoms with van der Waals surface area (Å²) < 4.78 is 29.8. The molecule has 1 aliphatic heterocycles. The zero-order valence-electron chi connectivity index (χ0n) is 19.3. The number of hydrogen-bond donors (Lipinski definition) is 1. The van der Waals surface area contributed by atoms with Crippen molar-refractivity contribution in [1.29, 1.82) is 0 Å². The van der Waals surface area contributed by atoms with Gasteiger partial charge in [-0.25, -0.2) is 13.1 Å². The lowest BCUT2D eigenvalue weighted by Crippen LogP contribution is -2.46. The van der Waals surface area contributed by atoms with Gasteiger partial charge >= 0.3 is 0 Å². The van der Waals surface area contributed by atoms with Crippen LogP contribution in [0, 0.1) is 20.8 Å². The first kappa shape index (κ1) is 25.3. The summed E-state index contributed by atoms with van der Waals surface area (Å²) in [5.41, 5.74) is 4.47. The second-order valence-corrected chi connectivity index (χ2v) is 11.9. The van der Waals surface area contributed by atoms with Crippen LogP contribution in [-0.2, 0) is 10.0 Å². The predicted molar refractivity (Wildman–Crippen MR) is 142 cm³/mol. The summed E-state index contributed by atoms with van der Waals surface area (Å²) >= 11 is 18.8. The molecule has 0 radical (unpaired) electrons. The molecule has 2 atom stereocenters. The molecule has 0 aliphatic carbocycles. The number of piperidine rings is 1. The Morgan fingerprint density at radius 1 is 0.882 bits per heavy atom. The molecule has 0 spiro atoms. The number of halogens is 3. The molecule has 34 heavy (non-hydrogen) atoms. The standard InChI is InChI=1S/C26H27Cl3N2O2S/c1-16-12-17(2)26(18(3)13-16)34(32,33)30-22-10-11-31(24-9-8-21(28)14-23(24)29)25(15-22)19-4-6-20(27)7-5-19/h4-9,12-14,22,25,30H,10-11,15H2,1-3H3. The molecule has 0 amide bonds. The van der Waals surface area contributed by atoms with Crippen molar-refractivity contribution in [3.63, 3.8) is 0 Å². The Kier molecular flexibility index (Phi) is 7.51. The summed E-state index contributed by atoms with van der Waals surface area (Å²) in [6, 6.07) is 16.6. The molecule has 1 heterocycles. The average Bonchev–Trinajstić information content (AvgIpc) is 2.73. The number of hydrogen-bond acceptors (Lipinski definition) is 3. The van der Waals surface area contributed by atoms with Crippen molar-refractivity contribution >= 4 is 50.5 Å². The molecule has 1 saturated heterocycles. The highest BCUT2D eigenvalue weighted by molar-refractivity contribution is 7.89. The highest BCUT2D eigenvalue weighted by Gasteiger charge is 2.34. The van der Waals surface area contributed by atoms with Gasteiger partial charge in [0.15, 0.2) is 0 Å². The second kappa shape index (κ2) is 10.1. The van der Waals surface area contributed by atoms with Gasteiger partial charge in [-0.1, -0.05) is 64.6 Å². The molecule has 2 unspecified atom stereocenters. The zero-order valence-corrected chi connectivity index (χ0v) is 22.4. The van der Waals surface area contributed by atoms with Crippen molar-refractivity contribution in [3.05, 3.63) is 91.9 Å². The lowest BCUT2D eigenvalue weighted by Gasteiger charge is -2.42. The molecule has 1 fully saturated rings. The molecular weight excluding hydrogens is 511 g/mol. The van der Waals surface area contributed by atoms with Crippen molar-refractivity contribution in [3.8, 4) is 0 Å². The SMILES string of the molecule is Cc1cc(C)c(S(=O)(=O)NC2CCN(c3ccc(Cl)cc3Cl)C(c3ccc(Cl)cc3)C2)c(C)c1. The van der Waals surface area contributed by atoms with Gasteiger partial charge in [0.2, 0.25) is 10.0 Å². The van der Waals surface area contributed by atoms with Crippen LogP contribution in [0.25, 0.3) is 0 Å². The van der Waals surface area contributed by atoms with Gasteiger partial charge in [-0.2, -0.15) is 0 Å². The number of aryl methyl sites for hydroxylation is 3. The molecule has 3 aromatic carbocycles. The Bertz CT molecular complexity index is 1290. The molecule has 180 valence electrons. The van der Waals surface area contributed by atoms with E-state index in [1.54, 1.807) is 6.07 Å². The maximum atomic E-state index is 13.4. The van der Waals surface area contributed by atoms with E-state index in [0.717, 1.165) is 27.9 Å². The first-order chi connectivity index (χ1) is 16.0. The quantitative estimate of drug-likeness (QED) is 0.372. The van der Waals surface area contributed by atoms with Crippen LogP contribution in [0.1, 0.15) is 41.1 Å². The summed E-state index contributed by atoms with van der Waals surface area (Å²) in [7, 11) is -3.68. The summed E-state index contributed by atoms with van der Waals surface area (Å²) in [6.07, 6.45) is 1.23. The van der Waals surface area contributed by atoms with E-state index in [-0.39, 0.29) is 12.1 Å². The molecule has 1 N–H and O–H groups in total. The van der Waals surface area contributed by atoms with Crippen molar-refractivity contribution in [2.24, 2.45) is 0 Å². The van der Waals surface area contributed by atoms with Crippen LogP contribution >= 0.6 is 34.8 Å². The van der Waals surface area contributed by atoms with E-state index in [4.69, 9.17) is 34.8 Å². The average molecular weight is 538 g/mol. The Labute approximate surface area is 216 Å². The van der Waals surface area contributed by atoms with E-state index in [2.05, 4.69) is 9.62 Å². The Hall–Kier alpha value is -1.76. The Balaban J connectivity index is 1.66. The van der Waals surface area contributed by atoms with Gasteiger partial charge in [0.25, 0.3) is 0 Å². The van der Waals surface area contributed by atoms with E-state index in [9.17, 15) is 8.42 Å². The molecule has 0 bridgehead atoms. The minimum absolute atomic E-state index is 0.0856. The van der Waals surface area contributed by atoms with Crippen LogP contribution in [-0.4, -0.2) is 21.0 Å². The van der Waals surface area contributed by atoms with Crippen LogP contribution in [0.3, 0.4) is 0 Å². The summed E-state index contributed by atoms with van der Waals surface area (Å²) in [6.45, 7) is 6.29. The third-order valence-corrected chi connectivity index (χ3v) is 8.89. The van der Waals surface area contributed by atoms with Crippen molar-refractivity contribution in [2.75, 3.05) is 11.4 Å². The van der Waals surface area contributed by atoms with Crippen molar-refractivity contribution < 1.29 is 8.42 Å². The Morgan fingerprint density at radius 2 is 1.50 bits per heavy atom. The molecular formula is C26H27Cl3N2O2S. The fraction of sp³-hybridized carbons (Fsp3) is 0.308. The summed E-state index contributed by atoms with van der Waals surface area (Å²) in [5, 5.41) is 1.79. The van der Waals surface area contributed by atoms with E-state index < -0.39 is 10.0 Å². The first-order valence-electron chi connectivity index (χ1n) is 11.1. The molecule has 4 nitrogen and oxygen atoms in total. The summed E-state index contributed by atoms with van der Waals surface area (Å²) in [5.74, 6) is 0. The largest absolute Gasteiger partial charge is 0.363 e. The number of anilines is 1. The molecule has 1 aliphatic rings. The molecule has 4 rings (SSSR count). The third kappa shape index (κ3) is 5.39. The first-order valence-corrected chi connectivity index (χ1v) is 13.7. The van der Waals surface area contributed by atoms with Crippen LogP contribution in [0.2, 0.25) is 15.1 Å². The van der Waals surface area contributed by atoms with Gasteiger partial charge in [-0.05, 0) is 80.6 Å². The van der Waals surface area contributed by atoms with Crippen LogP contribution < -0.4 is 9.62 Å². The van der Waals surface area contributed by atoms with Crippen molar-refractivity contribution in [2.45, 2.75) is 50.6 Å². The fourth-order valence-electron chi connectivity index (χ4n) is 4.94. The van der Waals surface area contributed by atoms with Crippen molar-refractivity contribution in [1.82, 2.24) is 4.72 Å². The van der Waals surface area contributed by atoms with E-state index >= 15 is 0 Å². The van der Waals surface area contributed by atoms with E-state index in [1.165, 1.54) is 0 Å². The Morgan fingerprint density at radius 3 is 2.12 bits per heavy atom. The normalized spacial score (nSPS) is 18.8. The number of benzene rings is 3. The van der Waals surface area contributed by atoms with Gasteiger partial charge in [0, 0.05) is 22.6 Å². The number of nitrogens with zero attached hydrogens (tertiary/aromatic N) is 1. The molecule has 3 aromatic rings. The van der Waals surface area contributed by atoms with Crippen LogP contribution in [0.5, 0.6) is 0 Å². The van der Waals surface area contributed by atoms with E-state index in [0.29, 0.717) is 39.3 Å². The molecule has 0 aromatic heterocycles. The second-order valence-electron chi connectivity index (χ2n) is 8.93. The molecule has 0 saturated carbocycles. The van der Waals surface area contributed by atoms with Gasteiger partial charge in [-0.15, -0.1) is 0 Å². The van der Waals surface area contributed by atoms with Crippen LogP contribution in [0.4, 0.5) is 5.69 Å². The smallest absolute Gasteiger partial charge is 0.241 e. The topological polar surface area (TPSA) is 49.4 Å². The van der Waals surface area contributed by atoms with Crippen LogP contribution in [0.15, 0.2) is 59.5 Å². The molecule has 8 heteroatoms. The maximum absolute atomic E-state index is 13.4. The maximum Gasteiger partial charge on any atom is 0.241 e. The highest BCUT2D eigenvalue weighted by atomic mass is 35.5. The lowest BCUT2D eigenvalue weighted by atomic mass is 9.91. The number of nitrogens with one attached hydrogen (secondary N) is 1. The summed E-state index contributed by atoms with van der Waals surface area (Å²) in [4.78, 5) is 2.58. The van der Waals surface area contributed by atoms with Gasteiger partial charge in [0.1, 0.15) is 0 Å². The monoisotopic (exact) mass is 536 g/mol. The van der Waals surface area contributed by atoms with E-state index in [1.807, 2.05) is 69.3 Å². The van der Waals surface area contributed by atoms with Gasteiger partial charge in [0.05, 0.1) is 21.6 Å². The fourth-order valence-corrected chi connectivity index (χ4v) is 7.32. The number of sulfonamides is 1. The minimum atomic E-state index is -3.68. The zero-order chi connectivity index (χ0) is 24.6. The highest BCUT2D eigenvalue weighted by Crippen LogP contribution is 2.40. The third-order valence-electron chi connectivity index (χ3n) is 6.27. The lowest BCUT2D eigenvalue weighted by molar-refractivity contribution is 0.395.